The number of benzene rings is 1. The van der Waals surface area contributed by atoms with Gasteiger partial charge in [0.2, 0.25) is 5.91 Å². The summed E-state index contributed by atoms with van der Waals surface area (Å²) in [4.78, 5) is 13.2. The van der Waals surface area contributed by atoms with E-state index in [0.717, 1.165) is 17.9 Å². The Morgan fingerprint density at radius 2 is 2.14 bits per heavy atom. The lowest BCUT2D eigenvalue weighted by molar-refractivity contribution is -0.118. The summed E-state index contributed by atoms with van der Waals surface area (Å²) in [5.74, 6) is 0.931. The van der Waals surface area contributed by atoms with Crippen LogP contribution in [0, 0.1) is 0 Å². The molecule has 1 aromatic rings. The summed E-state index contributed by atoms with van der Waals surface area (Å²) < 4.78 is 5.24. The van der Waals surface area contributed by atoms with E-state index < -0.39 is 0 Å². The smallest absolute Gasteiger partial charge is 0.227 e. The fourth-order valence-electron chi connectivity index (χ4n) is 1.85. The standard InChI is InChI=1S/C11H13NO2/c1-12-10(13)7-6-8-4-3-5-9(14-2)11(8)12/h3-5H,6-7H2,1-2H3. The van der Waals surface area contributed by atoms with Crippen molar-refractivity contribution in [1.82, 2.24) is 0 Å². The maximum Gasteiger partial charge on any atom is 0.227 e. The van der Waals surface area contributed by atoms with Gasteiger partial charge in [0.15, 0.2) is 0 Å². The number of hydrogen-bond donors (Lipinski definition) is 0. The third-order valence-corrected chi connectivity index (χ3v) is 2.62. The molecule has 3 heteroatoms. The van der Waals surface area contributed by atoms with E-state index in [-0.39, 0.29) is 5.91 Å². The van der Waals surface area contributed by atoms with E-state index in [0.29, 0.717) is 6.42 Å². The van der Waals surface area contributed by atoms with Gasteiger partial charge in [-0.25, -0.2) is 0 Å². The fraction of sp³-hybridized carbons (Fsp3) is 0.364. The zero-order valence-electron chi connectivity index (χ0n) is 8.41. The molecule has 0 aromatic heterocycles. The number of rotatable bonds is 1. The van der Waals surface area contributed by atoms with Gasteiger partial charge in [0.05, 0.1) is 12.8 Å². The van der Waals surface area contributed by atoms with Crippen LogP contribution in [-0.2, 0) is 11.2 Å². The zero-order chi connectivity index (χ0) is 10.1. The Morgan fingerprint density at radius 1 is 1.36 bits per heavy atom. The number of para-hydroxylation sites is 1. The first-order valence-corrected chi connectivity index (χ1v) is 4.66. The molecule has 1 aliphatic rings. The van der Waals surface area contributed by atoms with Crippen molar-refractivity contribution in [2.24, 2.45) is 0 Å². The molecule has 1 aliphatic heterocycles. The predicted octanol–water partition coefficient (Wildman–Crippen LogP) is 1.60. The Hall–Kier alpha value is -1.51. The number of hydrogen-bond acceptors (Lipinski definition) is 2. The minimum Gasteiger partial charge on any atom is -0.495 e. The van der Waals surface area contributed by atoms with E-state index in [1.54, 1.807) is 19.1 Å². The molecule has 0 N–H and O–H groups in total. The van der Waals surface area contributed by atoms with E-state index in [1.807, 2.05) is 18.2 Å². The largest absolute Gasteiger partial charge is 0.495 e. The highest BCUT2D eigenvalue weighted by molar-refractivity contribution is 5.97. The van der Waals surface area contributed by atoms with Gasteiger partial charge in [-0.3, -0.25) is 4.79 Å². The van der Waals surface area contributed by atoms with Crippen molar-refractivity contribution in [2.45, 2.75) is 12.8 Å². The molecule has 0 radical (unpaired) electrons. The summed E-state index contributed by atoms with van der Waals surface area (Å²) in [5, 5.41) is 0. The molecule has 1 amide bonds. The second-order valence-corrected chi connectivity index (χ2v) is 3.42. The molecule has 3 nitrogen and oxygen atoms in total. The molecule has 1 heterocycles. The van der Waals surface area contributed by atoms with Gasteiger partial charge in [-0.1, -0.05) is 12.1 Å². The molecular formula is C11H13NO2. The van der Waals surface area contributed by atoms with E-state index in [9.17, 15) is 4.79 Å². The first-order valence-electron chi connectivity index (χ1n) is 4.66. The molecule has 0 fully saturated rings. The average molecular weight is 191 g/mol. The van der Waals surface area contributed by atoms with Crippen LogP contribution in [0.2, 0.25) is 0 Å². The normalized spacial score (nSPS) is 15.3. The van der Waals surface area contributed by atoms with Gasteiger partial charge in [0, 0.05) is 13.5 Å². The quantitative estimate of drug-likeness (QED) is 0.674. The molecule has 0 unspecified atom stereocenters. The van der Waals surface area contributed by atoms with Crippen LogP contribution in [0.4, 0.5) is 5.69 Å². The molecule has 14 heavy (non-hydrogen) atoms. The highest BCUT2D eigenvalue weighted by atomic mass is 16.5. The highest BCUT2D eigenvalue weighted by Gasteiger charge is 2.23. The highest BCUT2D eigenvalue weighted by Crippen LogP contribution is 2.35. The lowest BCUT2D eigenvalue weighted by Gasteiger charge is -2.27. The van der Waals surface area contributed by atoms with Crippen molar-refractivity contribution >= 4 is 11.6 Å². The minimum absolute atomic E-state index is 0.155. The minimum atomic E-state index is 0.155. The SMILES string of the molecule is COc1cccc2c1N(C)C(=O)CC2. The average Bonchev–Trinajstić information content (AvgIpc) is 2.23. The molecule has 0 bridgehead atoms. The van der Waals surface area contributed by atoms with Crippen molar-refractivity contribution < 1.29 is 9.53 Å². The van der Waals surface area contributed by atoms with E-state index in [4.69, 9.17) is 4.74 Å². The van der Waals surface area contributed by atoms with Gasteiger partial charge in [0.25, 0.3) is 0 Å². The summed E-state index contributed by atoms with van der Waals surface area (Å²) >= 11 is 0. The van der Waals surface area contributed by atoms with Gasteiger partial charge in [-0.2, -0.15) is 0 Å². The van der Waals surface area contributed by atoms with Crippen LogP contribution in [0.1, 0.15) is 12.0 Å². The Kier molecular flexibility index (Phi) is 2.15. The number of anilines is 1. The molecule has 0 atom stereocenters. The molecule has 0 aliphatic carbocycles. The number of fused-ring (bicyclic) bond motifs is 1. The van der Waals surface area contributed by atoms with Crippen molar-refractivity contribution in [3.63, 3.8) is 0 Å². The Balaban J connectivity index is 2.55. The summed E-state index contributed by atoms with van der Waals surface area (Å²) in [6.45, 7) is 0. The number of carbonyl (C=O) groups is 1. The van der Waals surface area contributed by atoms with Crippen molar-refractivity contribution in [2.75, 3.05) is 19.1 Å². The van der Waals surface area contributed by atoms with Crippen molar-refractivity contribution in [1.29, 1.82) is 0 Å². The number of amides is 1. The van der Waals surface area contributed by atoms with Gasteiger partial charge in [-0.15, -0.1) is 0 Å². The summed E-state index contributed by atoms with van der Waals surface area (Å²) in [5.41, 5.74) is 2.11. The van der Waals surface area contributed by atoms with Crippen LogP contribution >= 0.6 is 0 Å². The fourth-order valence-corrected chi connectivity index (χ4v) is 1.85. The second kappa shape index (κ2) is 3.33. The molecular weight excluding hydrogens is 178 g/mol. The predicted molar refractivity (Wildman–Crippen MR) is 54.7 cm³/mol. The van der Waals surface area contributed by atoms with Crippen LogP contribution in [0.3, 0.4) is 0 Å². The van der Waals surface area contributed by atoms with Crippen LogP contribution in [0.5, 0.6) is 5.75 Å². The summed E-state index contributed by atoms with van der Waals surface area (Å²) in [6, 6.07) is 5.88. The molecule has 1 aromatic carbocycles. The molecule has 0 saturated heterocycles. The maximum absolute atomic E-state index is 11.5. The van der Waals surface area contributed by atoms with Crippen LogP contribution < -0.4 is 9.64 Å². The number of ether oxygens (including phenoxy) is 1. The van der Waals surface area contributed by atoms with Gasteiger partial charge < -0.3 is 9.64 Å². The maximum atomic E-state index is 11.5. The Morgan fingerprint density at radius 3 is 2.86 bits per heavy atom. The van der Waals surface area contributed by atoms with E-state index in [1.165, 1.54) is 5.56 Å². The lowest BCUT2D eigenvalue weighted by Crippen LogP contribution is -2.31. The second-order valence-electron chi connectivity index (χ2n) is 3.42. The van der Waals surface area contributed by atoms with Crippen LogP contribution in [0.25, 0.3) is 0 Å². The van der Waals surface area contributed by atoms with Crippen LogP contribution in [0.15, 0.2) is 18.2 Å². The number of methoxy groups -OCH3 is 1. The number of carbonyl (C=O) groups excluding carboxylic acids is 1. The van der Waals surface area contributed by atoms with E-state index >= 15 is 0 Å². The first kappa shape index (κ1) is 9.06. The molecule has 0 spiro atoms. The monoisotopic (exact) mass is 191 g/mol. The van der Waals surface area contributed by atoms with Crippen LogP contribution in [-0.4, -0.2) is 20.1 Å². The van der Waals surface area contributed by atoms with Gasteiger partial charge in [0.1, 0.15) is 5.75 Å². The van der Waals surface area contributed by atoms with E-state index in [2.05, 4.69) is 0 Å². The third-order valence-electron chi connectivity index (χ3n) is 2.62. The zero-order valence-corrected chi connectivity index (χ0v) is 8.41. The summed E-state index contributed by atoms with van der Waals surface area (Å²) in [6.07, 6.45) is 1.41. The lowest BCUT2D eigenvalue weighted by atomic mass is 10.0. The topological polar surface area (TPSA) is 29.5 Å². The number of aryl methyl sites for hydroxylation is 1. The first-order chi connectivity index (χ1) is 6.74. The molecule has 74 valence electrons. The van der Waals surface area contributed by atoms with Crippen molar-refractivity contribution in [3.05, 3.63) is 23.8 Å². The van der Waals surface area contributed by atoms with Gasteiger partial charge >= 0.3 is 0 Å². The molecule has 2 rings (SSSR count). The van der Waals surface area contributed by atoms with Gasteiger partial charge in [-0.05, 0) is 18.1 Å². The summed E-state index contributed by atoms with van der Waals surface area (Å²) in [7, 11) is 3.42. The third kappa shape index (κ3) is 1.25. The Labute approximate surface area is 83.3 Å². The number of nitrogens with zero attached hydrogens (tertiary/aromatic N) is 1. The molecule has 0 saturated carbocycles. The Bertz CT molecular complexity index is 359. The van der Waals surface area contributed by atoms with Crippen molar-refractivity contribution in [3.8, 4) is 5.75 Å².